The highest BCUT2D eigenvalue weighted by Crippen LogP contribution is 2.38. The summed E-state index contributed by atoms with van der Waals surface area (Å²) in [6, 6.07) is 9.88. The van der Waals surface area contributed by atoms with E-state index in [9.17, 15) is 28.0 Å². The molecule has 0 radical (unpaired) electrons. The summed E-state index contributed by atoms with van der Waals surface area (Å²) < 4.78 is 29.3. The van der Waals surface area contributed by atoms with Crippen molar-refractivity contribution in [2.75, 3.05) is 22.6 Å². The normalized spacial score (nSPS) is 12.4. The van der Waals surface area contributed by atoms with Crippen molar-refractivity contribution >= 4 is 46.8 Å². The lowest BCUT2D eigenvalue weighted by Crippen LogP contribution is -2.41. The molecule has 0 saturated heterocycles. The van der Waals surface area contributed by atoms with Crippen molar-refractivity contribution in [1.82, 2.24) is 9.47 Å². The maximum absolute atomic E-state index is 14.8. The van der Waals surface area contributed by atoms with Crippen LogP contribution in [0.4, 0.5) is 42.1 Å². The molecule has 0 unspecified atom stereocenters. The number of aldehydes is 1. The van der Waals surface area contributed by atoms with Crippen LogP contribution < -0.4 is 21.1 Å². The number of rotatable bonds is 8. The summed E-state index contributed by atoms with van der Waals surface area (Å²) in [5, 5.41) is 5.21. The molecule has 1 aliphatic carbocycles. The number of pyridine rings is 1. The van der Waals surface area contributed by atoms with Crippen LogP contribution in [-0.2, 0) is 11.8 Å². The van der Waals surface area contributed by atoms with Gasteiger partial charge >= 0.3 is 6.03 Å². The predicted octanol–water partition coefficient (Wildman–Crippen LogP) is 5.47. The Kier molecular flexibility index (Phi) is 7.85. The molecule has 1 heterocycles. The van der Waals surface area contributed by atoms with Gasteiger partial charge in [-0.25, -0.2) is 13.6 Å². The molecule has 1 aromatic heterocycles. The average Bonchev–Trinajstić information content (AvgIpc) is 3.76. The van der Waals surface area contributed by atoms with Crippen LogP contribution in [0, 0.1) is 19.7 Å². The molecule has 9 nitrogen and oxygen atoms in total. The van der Waals surface area contributed by atoms with Gasteiger partial charge in [-0.1, -0.05) is 18.7 Å². The fourth-order valence-electron chi connectivity index (χ4n) is 4.38. The van der Waals surface area contributed by atoms with Crippen LogP contribution in [0.5, 0.6) is 0 Å². The molecular formula is C29H29F2N5O4. The second kappa shape index (κ2) is 11.1. The average molecular weight is 550 g/mol. The van der Waals surface area contributed by atoms with Crippen molar-refractivity contribution in [2.24, 2.45) is 7.05 Å². The Morgan fingerprint density at radius 2 is 1.85 bits per heavy atom. The van der Waals surface area contributed by atoms with E-state index in [1.165, 1.54) is 58.7 Å². The first-order chi connectivity index (χ1) is 18.9. The van der Waals surface area contributed by atoms with Gasteiger partial charge in [-0.15, -0.1) is 0 Å². The minimum Gasteiger partial charge on any atom is -0.339 e. The van der Waals surface area contributed by atoms with Gasteiger partial charge in [0.15, 0.2) is 12.1 Å². The second-order valence-corrected chi connectivity index (χ2v) is 9.70. The molecule has 2 N–H and O–H groups in total. The monoisotopic (exact) mass is 549 g/mol. The third-order valence-corrected chi connectivity index (χ3v) is 6.74. The van der Waals surface area contributed by atoms with Crippen molar-refractivity contribution in [1.29, 1.82) is 0 Å². The van der Waals surface area contributed by atoms with Crippen LogP contribution >= 0.6 is 0 Å². The van der Waals surface area contributed by atoms with E-state index in [4.69, 9.17) is 0 Å². The first-order valence-electron chi connectivity index (χ1n) is 12.5. The Morgan fingerprint density at radius 3 is 2.45 bits per heavy atom. The number of carbonyl (C=O) groups is 3. The number of nitrogens with zero attached hydrogens (tertiary/aromatic N) is 3. The smallest absolute Gasteiger partial charge is 0.329 e. The highest BCUT2D eigenvalue weighted by Gasteiger charge is 2.36. The minimum atomic E-state index is -1.20. The Bertz CT molecular complexity index is 1600. The van der Waals surface area contributed by atoms with Gasteiger partial charge in [-0.3, -0.25) is 23.9 Å². The Labute approximate surface area is 229 Å². The highest BCUT2D eigenvalue weighted by molar-refractivity contribution is 6.07. The number of aryl methyl sites for hydroxylation is 1. The second-order valence-electron chi connectivity index (χ2n) is 9.70. The van der Waals surface area contributed by atoms with E-state index in [0.29, 0.717) is 11.8 Å². The highest BCUT2D eigenvalue weighted by atomic mass is 19.1. The number of aromatic nitrogens is 1. The summed E-state index contributed by atoms with van der Waals surface area (Å²) >= 11 is 0. The molecule has 40 heavy (non-hydrogen) atoms. The van der Waals surface area contributed by atoms with Gasteiger partial charge in [-0.2, -0.15) is 0 Å². The van der Waals surface area contributed by atoms with Crippen LogP contribution in [-0.4, -0.2) is 40.8 Å². The molecule has 208 valence electrons. The topological polar surface area (TPSA) is 104 Å². The van der Waals surface area contributed by atoms with Gasteiger partial charge in [0.25, 0.3) is 11.5 Å². The fourth-order valence-corrected chi connectivity index (χ4v) is 4.38. The van der Waals surface area contributed by atoms with E-state index < -0.39 is 29.1 Å². The van der Waals surface area contributed by atoms with Crippen LogP contribution in [0.15, 0.2) is 59.7 Å². The number of carbonyl (C=O) groups excluding carboxylic acids is 3. The third kappa shape index (κ3) is 5.49. The number of hydrogen-bond donors (Lipinski definition) is 2. The number of nitrogens with one attached hydrogen (secondary N) is 2. The molecule has 2 aromatic carbocycles. The Hall–Kier alpha value is -4.80. The summed E-state index contributed by atoms with van der Waals surface area (Å²) in [6.07, 6.45) is 2.08. The van der Waals surface area contributed by atoms with Crippen molar-refractivity contribution in [3.8, 4) is 0 Å². The van der Waals surface area contributed by atoms with Gasteiger partial charge in [0, 0.05) is 31.4 Å². The SMILES string of the molecule is C=C(F)C(=O)Nc1cccc(N(C(=O)N(C)C2CC2)c2c(C=O)c(Nc3ccc(C)cc3F)n(C)c(=O)c2C)c1. The summed E-state index contributed by atoms with van der Waals surface area (Å²) in [6.45, 7) is 6.19. The molecule has 0 bridgehead atoms. The standard InChI is InChI=1S/C29H29F2N5O4/c1-16-9-12-24(23(31)13-16)33-26-22(15-37)25(17(2)28(39)35(26)5)36(29(40)34(4)20-10-11-20)21-8-6-7-19(14-21)32-27(38)18(3)30/h6-9,12-15,20,33H,3,10-11H2,1-2,4-5H3,(H,32,38). The van der Waals surface area contributed by atoms with Crippen molar-refractivity contribution < 1.29 is 23.2 Å². The molecule has 0 aliphatic heterocycles. The Morgan fingerprint density at radius 1 is 1.15 bits per heavy atom. The van der Waals surface area contributed by atoms with Gasteiger partial charge < -0.3 is 15.5 Å². The van der Waals surface area contributed by atoms with Crippen LogP contribution in [0.2, 0.25) is 0 Å². The lowest BCUT2D eigenvalue weighted by Gasteiger charge is -2.31. The first kappa shape index (κ1) is 28.2. The van der Waals surface area contributed by atoms with Gasteiger partial charge in [0.05, 0.1) is 22.6 Å². The maximum atomic E-state index is 14.8. The van der Waals surface area contributed by atoms with E-state index in [2.05, 4.69) is 17.2 Å². The molecular weight excluding hydrogens is 520 g/mol. The number of benzene rings is 2. The van der Waals surface area contributed by atoms with E-state index in [-0.39, 0.29) is 45.7 Å². The molecule has 3 aromatic rings. The van der Waals surface area contributed by atoms with Crippen molar-refractivity contribution in [3.63, 3.8) is 0 Å². The fraction of sp³-hybridized carbons (Fsp3) is 0.241. The van der Waals surface area contributed by atoms with E-state index in [1.807, 2.05) is 0 Å². The molecule has 3 amide bonds. The van der Waals surface area contributed by atoms with Crippen LogP contribution in [0.25, 0.3) is 0 Å². The lowest BCUT2D eigenvalue weighted by atomic mass is 10.1. The number of amides is 3. The largest absolute Gasteiger partial charge is 0.339 e. The summed E-state index contributed by atoms with van der Waals surface area (Å²) in [4.78, 5) is 54.6. The Balaban J connectivity index is 1.94. The van der Waals surface area contributed by atoms with Gasteiger partial charge in [0.2, 0.25) is 0 Å². The number of urea groups is 1. The quantitative estimate of drug-likeness (QED) is 0.287. The number of hydrogen-bond acceptors (Lipinski definition) is 5. The zero-order valence-electron chi connectivity index (χ0n) is 22.5. The molecule has 0 spiro atoms. The number of halogens is 2. The predicted molar refractivity (Wildman–Crippen MR) is 150 cm³/mol. The van der Waals surface area contributed by atoms with Crippen molar-refractivity contribution in [3.05, 3.63) is 87.7 Å². The summed E-state index contributed by atoms with van der Waals surface area (Å²) in [5.41, 5.74) is 0.550. The lowest BCUT2D eigenvalue weighted by molar-refractivity contribution is -0.114. The van der Waals surface area contributed by atoms with E-state index >= 15 is 0 Å². The van der Waals surface area contributed by atoms with Gasteiger partial charge in [-0.05, 0) is 62.6 Å². The molecule has 4 rings (SSSR count). The summed E-state index contributed by atoms with van der Waals surface area (Å²) in [5.74, 6) is -2.87. The first-order valence-corrected chi connectivity index (χ1v) is 12.5. The molecule has 1 fully saturated rings. The molecule has 1 saturated carbocycles. The van der Waals surface area contributed by atoms with Crippen LogP contribution in [0.1, 0.15) is 34.3 Å². The summed E-state index contributed by atoms with van der Waals surface area (Å²) in [7, 11) is 3.05. The minimum absolute atomic E-state index is 0.0102. The molecule has 1 aliphatic rings. The molecule has 11 heteroatoms. The zero-order valence-corrected chi connectivity index (χ0v) is 22.5. The van der Waals surface area contributed by atoms with Gasteiger partial charge in [0.1, 0.15) is 11.6 Å². The molecule has 0 atom stereocenters. The van der Waals surface area contributed by atoms with Crippen molar-refractivity contribution in [2.45, 2.75) is 32.7 Å². The third-order valence-electron chi connectivity index (χ3n) is 6.74. The maximum Gasteiger partial charge on any atom is 0.329 e. The number of anilines is 5. The van der Waals surface area contributed by atoms with Crippen LogP contribution in [0.3, 0.4) is 0 Å². The van der Waals surface area contributed by atoms with E-state index in [0.717, 1.165) is 12.8 Å². The van der Waals surface area contributed by atoms with E-state index in [1.54, 1.807) is 26.1 Å². The zero-order chi connectivity index (χ0) is 29.3.